The number of carbonyl (C=O) groups is 1. The first kappa shape index (κ1) is 12.6. The molecule has 1 unspecified atom stereocenters. The molecule has 1 aromatic carbocycles. The predicted octanol–water partition coefficient (Wildman–Crippen LogP) is 2.84. The zero-order valence-electron chi connectivity index (χ0n) is 10.1. The summed E-state index contributed by atoms with van der Waals surface area (Å²) in [5, 5.41) is 6.22. The maximum Gasteiger partial charge on any atom is 0.244 e. The van der Waals surface area contributed by atoms with Gasteiger partial charge in [-0.25, -0.2) is 0 Å². The van der Waals surface area contributed by atoms with E-state index in [1.165, 1.54) is 0 Å². The van der Waals surface area contributed by atoms with Crippen LogP contribution in [0.1, 0.15) is 25.3 Å². The van der Waals surface area contributed by atoms with E-state index in [0.29, 0.717) is 0 Å². The Balaban J connectivity index is 2.10. The van der Waals surface area contributed by atoms with Crippen LogP contribution < -0.4 is 10.6 Å². The summed E-state index contributed by atoms with van der Waals surface area (Å²) in [6.45, 7) is 4.90. The molecule has 1 aliphatic heterocycles. The number of benzene rings is 1. The zero-order chi connectivity index (χ0) is 12.5. The van der Waals surface area contributed by atoms with Gasteiger partial charge in [-0.05, 0) is 50.9 Å². The molecule has 1 heterocycles. The van der Waals surface area contributed by atoms with Crippen molar-refractivity contribution >= 4 is 27.5 Å². The fourth-order valence-corrected chi connectivity index (χ4v) is 2.41. The molecule has 4 heteroatoms. The van der Waals surface area contributed by atoms with Crippen molar-refractivity contribution in [1.29, 1.82) is 0 Å². The number of nitrogens with one attached hydrogen (secondary N) is 2. The monoisotopic (exact) mass is 296 g/mol. The van der Waals surface area contributed by atoms with Crippen LogP contribution in [-0.4, -0.2) is 18.0 Å². The van der Waals surface area contributed by atoms with Gasteiger partial charge in [0.2, 0.25) is 5.91 Å². The number of rotatable bonds is 2. The molecule has 0 radical (unpaired) electrons. The lowest BCUT2D eigenvalue weighted by molar-refractivity contribution is -0.121. The standard InChI is InChI=1S/C13H17BrN2O/c1-9-4-5-10(8-11(9)14)16-12(17)13(2)6-3-7-15-13/h4-5,8,15H,3,6-7H2,1-2H3,(H,16,17). The van der Waals surface area contributed by atoms with Crippen LogP contribution in [0, 0.1) is 6.92 Å². The number of halogens is 1. The minimum atomic E-state index is -0.419. The van der Waals surface area contributed by atoms with E-state index in [2.05, 4.69) is 26.6 Å². The SMILES string of the molecule is Cc1ccc(NC(=O)C2(C)CCCN2)cc1Br. The van der Waals surface area contributed by atoms with E-state index in [4.69, 9.17) is 0 Å². The minimum Gasteiger partial charge on any atom is -0.324 e. The summed E-state index contributed by atoms with van der Waals surface area (Å²) in [5.41, 5.74) is 1.58. The van der Waals surface area contributed by atoms with Gasteiger partial charge in [0, 0.05) is 10.2 Å². The van der Waals surface area contributed by atoms with E-state index >= 15 is 0 Å². The summed E-state index contributed by atoms with van der Waals surface area (Å²) in [6, 6.07) is 5.85. The highest BCUT2D eigenvalue weighted by Gasteiger charge is 2.35. The van der Waals surface area contributed by atoms with E-state index in [0.717, 1.165) is 35.1 Å². The highest BCUT2D eigenvalue weighted by Crippen LogP contribution is 2.24. The largest absolute Gasteiger partial charge is 0.324 e. The number of anilines is 1. The van der Waals surface area contributed by atoms with Crippen LogP contribution in [0.5, 0.6) is 0 Å². The third-order valence-electron chi connectivity index (χ3n) is 3.30. The van der Waals surface area contributed by atoms with Crippen LogP contribution in [0.4, 0.5) is 5.69 Å². The molecule has 92 valence electrons. The average Bonchev–Trinajstić information content (AvgIpc) is 2.72. The van der Waals surface area contributed by atoms with Gasteiger partial charge < -0.3 is 10.6 Å². The summed E-state index contributed by atoms with van der Waals surface area (Å²) in [6.07, 6.45) is 1.95. The summed E-state index contributed by atoms with van der Waals surface area (Å²) in [5.74, 6) is 0.0470. The molecule has 1 aromatic rings. The molecule has 0 aliphatic carbocycles. The fourth-order valence-electron chi connectivity index (χ4n) is 2.03. The molecule has 0 aromatic heterocycles. The van der Waals surface area contributed by atoms with Crippen molar-refractivity contribution in [2.45, 2.75) is 32.2 Å². The average molecular weight is 297 g/mol. The minimum absolute atomic E-state index is 0.0470. The van der Waals surface area contributed by atoms with Gasteiger partial charge in [0.05, 0.1) is 5.54 Å². The first-order valence-corrected chi connectivity index (χ1v) is 6.63. The predicted molar refractivity (Wildman–Crippen MR) is 73.2 cm³/mol. The Bertz CT molecular complexity index is 439. The summed E-state index contributed by atoms with van der Waals surface area (Å²) in [7, 11) is 0. The normalized spacial score (nSPS) is 23.7. The molecule has 1 atom stereocenters. The number of hydrogen-bond acceptors (Lipinski definition) is 2. The highest BCUT2D eigenvalue weighted by molar-refractivity contribution is 9.10. The number of aryl methyl sites for hydroxylation is 1. The Hall–Kier alpha value is -0.870. The van der Waals surface area contributed by atoms with Crippen molar-refractivity contribution in [3.05, 3.63) is 28.2 Å². The zero-order valence-corrected chi connectivity index (χ0v) is 11.7. The van der Waals surface area contributed by atoms with Gasteiger partial charge in [-0.1, -0.05) is 22.0 Å². The molecule has 1 amide bonds. The van der Waals surface area contributed by atoms with E-state index in [9.17, 15) is 4.79 Å². The molecule has 0 saturated carbocycles. The summed E-state index contributed by atoms with van der Waals surface area (Å²) in [4.78, 5) is 12.1. The number of amides is 1. The molecule has 0 bridgehead atoms. The smallest absolute Gasteiger partial charge is 0.244 e. The van der Waals surface area contributed by atoms with Crippen molar-refractivity contribution in [2.24, 2.45) is 0 Å². The van der Waals surface area contributed by atoms with Crippen LogP contribution in [0.15, 0.2) is 22.7 Å². The van der Waals surface area contributed by atoms with E-state index in [-0.39, 0.29) is 5.91 Å². The molecule has 1 saturated heterocycles. The first-order valence-electron chi connectivity index (χ1n) is 5.84. The molecule has 1 aliphatic rings. The molecule has 2 N–H and O–H groups in total. The molecule has 2 rings (SSSR count). The van der Waals surface area contributed by atoms with Crippen molar-refractivity contribution in [3.8, 4) is 0 Å². The first-order chi connectivity index (χ1) is 8.01. The Labute approximate surface area is 110 Å². The molecular formula is C13H17BrN2O. The third kappa shape index (κ3) is 2.69. The van der Waals surface area contributed by atoms with Gasteiger partial charge in [-0.2, -0.15) is 0 Å². The van der Waals surface area contributed by atoms with Crippen LogP contribution >= 0.6 is 15.9 Å². The Morgan fingerprint density at radius 1 is 1.53 bits per heavy atom. The maximum absolute atomic E-state index is 12.1. The van der Waals surface area contributed by atoms with Crippen molar-refractivity contribution in [3.63, 3.8) is 0 Å². The van der Waals surface area contributed by atoms with Gasteiger partial charge in [0.15, 0.2) is 0 Å². The fraction of sp³-hybridized carbons (Fsp3) is 0.462. The van der Waals surface area contributed by atoms with Crippen LogP contribution in [0.3, 0.4) is 0 Å². The molecule has 17 heavy (non-hydrogen) atoms. The molecule has 1 fully saturated rings. The molecule has 3 nitrogen and oxygen atoms in total. The molecule has 0 spiro atoms. The van der Waals surface area contributed by atoms with Gasteiger partial charge in [0.1, 0.15) is 0 Å². The van der Waals surface area contributed by atoms with Crippen molar-refractivity contribution < 1.29 is 4.79 Å². The van der Waals surface area contributed by atoms with Crippen molar-refractivity contribution in [1.82, 2.24) is 5.32 Å². The quantitative estimate of drug-likeness (QED) is 0.881. The van der Waals surface area contributed by atoms with Gasteiger partial charge in [0.25, 0.3) is 0 Å². The lowest BCUT2D eigenvalue weighted by Crippen LogP contribution is -2.47. The Morgan fingerprint density at radius 2 is 2.29 bits per heavy atom. The van der Waals surface area contributed by atoms with Crippen LogP contribution in [0.2, 0.25) is 0 Å². The van der Waals surface area contributed by atoms with Crippen molar-refractivity contribution in [2.75, 3.05) is 11.9 Å². The Morgan fingerprint density at radius 3 is 2.88 bits per heavy atom. The van der Waals surface area contributed by atoms with Gasteiger partial charge in [-0.3, -0.25) is 4.79 Å². The summed E-state index contributed by atoms with van der Waals surface area (Å²) < 4.78 is 1.01. The summed E-state index contributed by atoms with van der Waals surface area (Å²) >= 11 is 3.47. The van der Waals surface area contributed by atoms with Crippen LogP contribution in [-0.2, 0) is 4.79 Å². The molecular weight excluding hydrogens is 280 g/mol. The highest BCUT2D eigenvalue weighted by atomic mass is 79.9. The lowest BCUT2D eigenvalue weighted by Gasteiger charge is -2.23. The van der Waals surface area contributed by atoms with E-state index < -0.39 is 5.54 Å². The second-order valence-electron chi connectivity index (χ2n) is 4.78. The number of hydrogen-bond donors (Lipinski definition) is 2. The maximum atomic E-state index is 12.1. The second kappa shape index (κ2) is 4.78. The number of carbonyl (C=O) groups excluding carboxylic acids is 1. The van der Waals surface area contributed by atoms with Gasteiger partial charge >= 0.3 is 0 Å². The van der Waals surface area contributed by atoms with E-state index in [1.54, 1.807) is 0 Å². The third-order valence-corrected chi connectivity index (χ3v) is 4.15. The van der Waals surface area contributed by atoms with Crippen LogP contribution in [0.25, 0.3) is 0 Å². The Kier molecular flexibility index (Phi) is 3.54. The lowest BCUT2D eigenvalue weighted by atomic mass is 9.99. The topological polar surface area (TPSA) is 41.1 Å². The van der Waals surface area contributed by atoms with Gasteiger partial charge in [-0.15, -0.1) is 0 Å². The second-order valence-corrected chi connectivity index (χ2v) is 5.63. The van der Waals surface area contributed by atoms with E-state index in [1.807, 2.05) is 32.0 Å².